The molecule has 0 saturated carbocycles. The maximum atomic E-state index is 12.1. The third-order valence-electron chi connectivity index (χ3n) is 4.79. The molecule has 0 N–H and O–H groups in total. The minimum atomic E-state index is 0.379. The third-order valence-corrected chi connectivity index (χ3v) is 10.1. The molecule has 2 aliphatic carbocycles. The predicted octanol–water partition coefficient (Wildman–Crippen LogP) is 6.42. The van der Waals surface area contributed by atoms with Gasteiger partial charge in [-0.1, -0.05) is 12.8 Å². The molecule has 144 valence electrons. The number of hydrogen-bond donors (Lipinski definition) is 0. The zero-order valence-corrected chi connectivity index (χ0v) is 18.6. The molecule has 3 aliphatic rings. The van der Waals surface area contributed by atoms with Crippen molar-refractivity contribution in [1.29, 1.82) is 0 Å². The number of ketones is 2. The molecule has 1 aliphatic heterocycles. The van der Waals surface area contributed by atoms with E-state index in [1.807, 2.05) is 23.5 Å². The number of rotatable bonds is 0. The summed E-state index contributed by atoms with van der Waals surface area (Å²) in [5.74, 6) is 5.14. The van der Waals surface area contributed by atoms with Gasteiger partial charge >= 0.3 is 0 Å². The van der Waals surface area contributed by atoms with Crippen LogP contribution >= 0.6 is 47.0 Å². The second-order valence-electron chi connectivity index (χ2n) is 6.87. The highest BCUT2D eigenvalue weighted by atomic mass is 32.2. The maximum Gasteiger partial charge on any atom is 0.170 e. The Kier molecular flexibility index (Phi) is 9.08. The van der Waals surface area contributed by atoms with Crippen LogP contribution in [0.5, 0.6) is 0 Å². The van der Waals surface area contributed by atoms with Crippen LogP contribution in [0.15, 0.2) is 19.6 Å². The number of allylic oxidation sites excluding steroid dienone is 4. The van der Waals surface area contributed by atoms with E-state index >= 15 is 0 Å². The summed E-state index contributed by atoms with van der Waals surface area (Å²) in [5, 5.41) is 0. The van der Waals surface area contributed by atoms with Gasteiger partial charge in [0.05, 0.1) is 9.81 Å². The average molecular weight is 429 g/mol. The minimum absolute atomic E-state index is 0.379. The Bertz CT molecular complexity index is 543. The molecule has 0 unspecified atom stereocenters. The van der Waals surface area contributed by atoms with Gasteiger partial charge in [-0.05, 0) is 61.5 Å². The number of hydrogen-bond acceptors (Lipinski definition) is 6. The van der Waals surface area contributed by atoms with Crippen LogP contribution < -0.4 is 0 Å². The summed E-state index contributed by atoms with van der Waals surface area (Å²) in [7, 11) is 0. The molecular formula is C20H28O2S4. The van der Waals surface area contributed by atoms with Crippen LogP contribution in [0.4, 0.5) is 0 Å². The molecular weight excluding hydrogens is 400 g/mol. The fourth-order valence-corrected chi connectivity index (χ4v) is 8.35. The van der Waals surface area contributed by atoms with Crippen LogP contribution in [0, 0.1) is 0 Å². The second kappa shape index (κ2) is 11.3. The van der Waals surface area contributed by atoms with Gasteiger partial charge in [-0.25, -0.2) is 0 Å². The average Bonchev–Trinajstić information content (AvgIpc) is 3.16. The first-order valence-electron chi connectivity index (χ1n) is 9.79. The van der Waals surface area contributed by atoms with Gasteiger partial charge in [-0.3, -0.25) is 9.59 Å². The summed E-state index contributed by atoms with van der Waals surface area (Å²) >= 11 is 7.45. The van der Waals surface area contributed by atoms with Gasteiger partial charge in [-0.15, -0.1) is 47.0 Å². The van der Waals surface area contributed by atoms with Crippen molar-refractivity contribution in [2.45, 2.75) is 64.2 Å². The Morgan fingerprint density at radius 2 is 0.846 bits per heavy atom. The van der Waals surface area contributed by atoms with E-state index in [2.05, 4.69) is 0 Å². The summed E-state index contributed by atoms with van der Waals surface area (Å²) in [6.07, 6.45) is 10.6. The molecule has 0 radical (unpaired) electrons. The number of carbonyl (C=O) groups excluding carboxylic acids is 2. The molecule has 0 amide bonds. The maximum absolute atomic E-state index is 12.1. The number of Topliss-reactive ketones (excluding diaryl/α,β-unsaturated/α-hetero) is 2. The largest absolute Gasteiger partial charge is 0.294 e. The topological polar surface area (TPSA) is 34.1 Å². The minimum Gasteiger partial charge on any atom is -0.294 e. The summed E-state index contributed by atoms with van der Waals surface area (Å²) < 4.78 is 0. The molecule has 3 rings (SSSR count). The summed E-state index contributed by atoms with van der Waals surface area (Å²) in [6, 6.07) is 0. The Balaban J connectivity index is 1.54. The van der Waals surface area contributed by atoms with Crippen LogP contribution in [0.2, 0.25) is 0 Å². The molecule has 0 aromatic heterocycles. The van der Waals surface area contributed by atoms with Gasteiger partial charge in [0.2, 0.25) is 0 Å². The number of carbonyl (C=O) groups is 2. The van der Waals surface area contributed by atoms with Crippen molar-refractivity contribution in [2.24, 2.45) is 0 Å². The van der Waals surface area contributed by atoms with Gasteiger partial charge in [0, 0.05) is 22.7 Å². The highest BCUT2D eigenvalue weighted by Crippen LogP contribution is 2.40. The quantitative estimate of drug-likeness (QED) is 0.443. The van der Waals surface area contributed by atoms with Crippen LogP contribution in [-0.4, -0.2) is 34.6 Å². The molecule has 0 saturated heterocycles. The summed E-state index contributed by atoms with van der Waals surface area (Å²) in [4.78, 5) is 29.2. The Morgan fingerprint density at radius 1 is 0.462 bits per heavy atom. The van der Waals surface area contributed by atoms with E-state index in [4.69, 9.17) is 0 Å². The van der Waals surface area contributed by atoms with Crippen LogP contribution in [-0.2, 0) is 9.59 Å². The van der Waals surface area contributed by atoms with Crippen LogP contribution in [0.3, 0.4) is 0 Å². The fraction of sp³-hybridized carbons (Fsp3) is 0.700. The van der Waals surface area contributed by atoms with Gasteiger partial charge < -0.3 is 0 Å². The van der Waals surface area contributed by atoms with Crippen molar-refractivity contribution in [3.63, 3.8) is 0 Å². The van der Waals surface area contributed by atoms with Gasteiger partial charge in [0.25, 0.3) is 0 Å². The molecule has 26 heavy (non-hydrogen) atoms. The van der Waals surface area contributed by atoms with Crippen molar-refractivity contribution < 1.29 is 9.59 Å². The number of thioether (sulfide) groups is 4. The van der Waals surface area contributed by atoms with Crippen molar-refractivity contribution in [1.82, 2.24) is 0 Å². The lowest BCUT2D eigenvalue weighted by molar-refractivity contribution is -0.115. The van der Waals surface area contributed by atoms with Crippen molar-refractivity contribution >= 4 is 58.6 Å². The first-order valence-corrected chi connectivity index (χ1v) is 13.7. The van der Waals surface area contributed by atoms with Crippen LogP contribution in [0.1, 0.15) is 64.2 Å². The highest BCUT2D eigenvalue weighted by molar-refractivity contribution is 8.07. The van der Waals surface area contributed by atoms with E-state index in [9.17, 15) is 9.59 Å². The normalized spacial score (nSPS) is 25.1. The molecule has 2 nitrogen and oxygen atoms in total. The molecule has 0 fully saturated rings. The molecule has 0 bridgehead atoms. The molecule has 0 atom stereocenters. The van der Waals surface area contributed by atoms with E-state index < -0.39 is 0 Å². The first-order chi connectivity index (χ1) is 12.8. The second-order valence-corrected chi connectivity index (χ2v) is 11.5. The molecule has 6 heteroatoms. The Labute approximate surface area is 174 Å². The van der Waals surface area contributed by atoms with Crippen molar-refractivity contribution in [3.05, 3.63) is 19.6 Å². The van der Waals surface area contributed by atoms with Gasteiger partial charge in [0.15, 0.2) is 11.6 Å². The molecule has 0 aromatic rings. The Hall–Kier alpha value is 0.220. The van der Waals surface area contributed by atoms with E-state index in [1.54, 1.807) is 23.5 Å². The standard InChI is InChI=1S/C20H28O2S4/c21-15-8-10-18-19(15)25-13-5-1-3-11-23-17-9-7-16(22)20(17)26-14-6-2-4-12-24-18/h1-14H2. The Morgan fingerprint density at radius 3 is 1.27 bits per heavy atom. The van der Waals surface area contributed by atoms with Crippen LogP contribution in [0.25, 0.3) is 0 Å². The van der Waals surface area contributed by atoms with Gasteiger partial charge in [-0.2, -0.15) is 0 Å². The van der Waals surface area contributed by atoms with Crippen molar-refractivity contribution in [3.8, 4) is 0 Å². The lowest BCUT2D eigenvalue weighted by Gasteiger charge is -2.09. The smallest absolute Gasteiger partial charge is 0.170 e. The third kappa shape index (κ3) is 6.11. The zero-order chi connectivity index (χ0) is 18.2. The van der Waals surface area contributed by atoms with Crippen molar-refractivity contribution in [2.75, 3.05) is 23.0 Å². The first kappa shape index (κ1) is 20.9. The monoisotopic (exact) mass is 428 g/mol. The zero-order valence-electron chi connectivity index (χ0n) is 15.3. The molecule has 1 heterocycles. The van der Waals surface area contributed by atoms with E-state index in [-0.39, 0.29) is 0 Å². The molecule has 0 spiro atoms. The van der Waals surface area contributed by atoms with E-state index in [0.717, 1.165) is 58.5 Å². The lowest BCUT2D eigenvalue weighted by Crippen LogP contribution is -1.95. The fourth-order valence-electron chi connectivity index (χ4n) is 3.32. The van der Waals surface area contributed by atoms with E-state index in [1.165, 1.54) is 48.3 Å². The predicted molar refractivity (Wildman–Crippen MR) is 120 cm³/mol. The summed E-state index contributed by atoms with van der Waals surface area (Å²) in [5.41, 5.74) is 0. The molecule has 0 aromatic carbocycles. The highest BCUT2D eigenvalue weighted by Gasteiger charge is 2.24. The SMILES string of the molecule is O=C1CCC2=C1SCCCCCSC1=C(SCCCCCS2)C(=O)CC1. The van der Waals surface area contributed by atoms with E-state index in [0.29, 0.717) is 11.6 Å². The van der Waals surface area contributed by atoms with Gasteiger partial charge in [0.1, 0.15) is 0 Å². The summed E-state index contributed by atoms with van der Waals surface area (Å²) in [6.45, 7) is 0. The lowest BCUT2D eigenvalue weighted by atomic mass is 10.3.